The second kappa shape index (κ2) is 4.55. The maximum Gasteiger partial charge on any atom is 0.0161 e. The quantitative estimate of drug-likeness (QED) is 0.611. The molecule has 0 spiro atoms. The predicted molar refractivity (Wildman–Crippen MR) is 49.6 cm³/mol. The maximum atomic E-state index is 3.33. The van der Waals surface area contributed by atoms with Gasteiger partial charge in [-0.1, -0.05) is 25.0 Å². The highest BCUT2D eigenvalue weighted by Gasteiger charge is 2.13. The molecule has 1 aliphatic carbocycles. The van der Waals surface area contributed by atoms with E-state index in [4.69, 9.17) is 0 Å². The summed E-state index contributed by atoms with van der Waals surface area (Å²) < 4.78 is 0. The SMILES string of the molecule is CCNCC(C)=CC1CCC1. The minimum Gasteiger partial charge on any atom is -0.313 e. The van der Waals surface area contributed by atoms with Crippen LogP contribution in [-0.4, -0.2) is 13.1 Å². The molecule has 64 valence electrons. The Morgan fingerprint density at radius 1 is 1.55 bits per heavy atom. The number of rotatable bonds is 4. The van der Waals surface area contributed by atoms with Gasteiger partial charge in [-0.15, -0.1) is 0 Å². The van der Waals surface area contributed by atoms with E-state index < -0.39 is 0 Å². The topological polar surface area (TPSA) is 12.0 Å². The van der Waals surface area contributed by atoms with Crippen molar-refractivity contribution in [2.75, 3.05) is 13.1 Å². The van der Waals surface area contributed by atoms with Crippen molar-refractivity contribution in [1.82, 2.24) is 5.32 Å². The van der Waals surface area contributed by atoms with E-state index in [1.165, 1.54) is 24.8 Å². The lowest BCUT2D eigenvalue weighted by Gasteiger charge is -2.22. The summed E-state index contributed by atoms with van der Waals surface area (Å²) in [7, 11) is 0. The van der Waals surface area contributed by atoms with Gasteiger partial charge in [-0.05, 0) is 32.2 Å². The van der Waals surface area contributed by atoms with Crippen molar-refractivity contribution >= 4 is 0 Å². The van der Waals surface area contributed by atoms with Gasteiger partial charge in [0.25, 0.3) is 0 Å². The van der Waals surface area contributed by atoms with Crippen molar-refractivity contribution in [2.24, 2.45) is 5.92 Å². The maximum absolute atomic E-state index is 3.33. The van der Waals surface area contributed by atoms with Gasteiger partial charge in [0.2, 0.25) is 0 Å². The van der Waals surface area contributed by atoms with Crippen LogP contribution in [0.25, 0.3) is 0 Å². The van der Waals surface area contributed by atoms with Crippen molar-refractivity contribution in [3.8, 4) is 0 Å². The first kappa shape index (κ1) is 8.79. The highest BCUT2D eigenvalue weighted by atomic mass is 14.8. The molecule has 0 amide bonds. The van der Waals surface area contributed by atoms with Gasteiger partial charge in [0.05, 0.1) is 0 Å². The highest BCUT2D eigenvalue weighted by Crippen LogP contribution is 2.28. The zero-order valence-electron chi connectivity index (χ0n) is 7.69. The Morgan fingerprint density at radius 2 is 2.27 bits per heavy atom. The van der Waals surface area contributed by atoms with Crippen LogP contribution < -0.4 is 5.32 Å². The smallest absolute Gasteiger partial charge is 0.0161 e. The van der Waals surface area contributed by atoms with Gasteiger partial charge in [-0.3, -0.25) is 0 Å². The lowest BCUT2D eigenvalue weighted by molar-refractivity contribution is 0.385. The molecule has 1 nitrogen and oxygen atoms in total. The van der Waals surface area contributed by atoms with E-state index in [1.54, 1.807) is 0 Å². The summed E-state index contributed by atoms with van der Waals surface area (Å²) in [5, 5.41) is 3.33. The van der Waals surface area contributed by atoms with Crippen LogP contribution in [-0.2, 0) is 0 Å². The second-order valence-corrected chi connectivity index (χ2v) is 3.48. The molecule has 1 N–H and O–H groups in total. The van der Waals surface area contributed by atoms with Crippen LogP contribution in [0.15, 0.2) is 11.6 Å². The van der Waals surface area contributed by atoms with Crippen molar-refractivity contribution in [1.29, 1.82) is 0 Å². The average molecular weight is 153 g/mol. The molecule has 0 saturated heterocycles. The van der Waals surface area contributed by atoms with Crippen LogP contribution in [0.2, 0.25) is 0 Å². The summed E-state index contributed by atoms with van der Waals surface area (Å²) in [5.74, 6) is 0.911. The zero-order chi connectivity index (χ0) is 8.10. The standard InChI is InChI=1S/C10H19N/c1-3-11-8-9(2)7-10-5-4-6-10/h7,10-11H,3-6,8H2,1-2H3. The van der Waals surface area contributed by atoms with Gasteiger partial charge in [0, 0.05) is 6.54 Å². The van der Waals surface area contributed by atoms with Gasteiger partial charge in [-0.25, -0.2) is 0 Å². The van der Waals surface area contributed by atoms with Gasteiger partial charge in [0.15, 0.2) is 0 Å². The van der Waals surface area contributed by atoms with Crippen molar-refractivity contribution in [2.45, 2.75) is 33.1 Å². The summed E-state index contributed by atoms with van der Waals surface area (Å²) in [6.07, 6.45) is 6.72. The molecule has 1 heteroatoms. The minimum atomic E-state index is 0.911. The van der Waals surface area contributed by atoms with Crippen LogP contribution in [0.1, 0.15) is 33.1 Å². The molecule has 0 unspecified atom stereocenters. The van der Waals surface area contributed by atoms with E-state index in [-0.39, 0.29) is 0 Å². The fourth-order valence-corrected chi connectivity index (χ4v) is 1.39. The van der Waals surface area contributed by atoms with E-state index in [2.05, 4.69) is 25.2 Å². The molecule has 0 aromatic rings. The summed E-state index contributed by atoms with van der Waals surface area (Å²) in [4.78, 5) is 0. The van der Waals surface area contributed by atoms with Crippen LogP contribution in [0.3, 0.4) is 0 Å². The first-order valence-electron chi connectivity index (χ1n) is 4.71. The Balaban J connectivity index is 2.15. The third-order valence-corrected chi connectivity index (χ3v) is 2.32. The van der Waals surface area contributed by atoms with Crippen molar-refractivity contribution in [3.63, 3.8) is 0 Å². The van der Waals surface area contributed by atoms with Crippen LogP contribution in [0.4, 0.5) is 0 Å². The van der Waals surface area contributed by atoms with E-state index in [0.29, 0.717) is 0 Å². The van der Waals surface area contributed by atoms with E-state index >= 15 is 0 Å². The summed E-state index contributed by atoms with van der Waals surface area (Å²) >= 11 is 0. The number of hydrogen-bond donors (Lipinski definition) is 1. The van der Waals surface area contributed by atoms with Gasteiger partial charge >= 0.3 is 0 Å². The molecule has 1 saturated carbocycles. The molecule has 0 atom stereocenters. The first-order chi connectivity index (χ1) is 5.33. The number of nitrogens with one attached hydrogen (secondary N) is 1. The summed E-state index contributed by atoms with van der Waals surface area (Å²) in [6, 6.07) is 0. The summed E-state index contributed by atoms with van der Waals surface area (Å²) in [6.45, 7) is 6.53. The monoisotopic (exact) mass is 153 g/mol. The van der Waals surface area contributed by atoms with Crippen molar-refractivity contribution in [3.05, 3.63) is 11.6 Å². The molecule has 11 heavy (non-hydrogen) atoms. The third-order valence-electron chi connectivity index (χ3n) is 2.32. The predicted octanol–water partition coefficient (Wildman–Crippen LogP) is 2.34. The normalized spacial score (nSPS) is 20.0. The molecule has 0 aromatic heterocycles. The van der Waals surface area contributed by atoms with Gasteiger partial charge in [-0.2, -0.15) is 0 Å². The lowest BCUT2D eigenvalue weighted by Crippen LogP contribution is -2.16. The van der Waals surface area contributed by atoms with E-state index in [9.17, 15) is 0 Å². The molecule has 0 aliphatic heterocycles. The van der Waals surface area contributed by atoms with Crippen LogP contribution in [0, 0.1) is 5.92 Å². The molecule has 0 heterocycles. The molecule has 1 aliphatic rings. The van der Waals surface area contributed by atoms with Gasteiger partial charge < -0.3 is 5.32 Å². The molecule has 1 fully saturated rings. The third kappa shape index (κ3) is 3.06. The first-order valence-corrected chi connectivity index (χ1v) is 4.71. The van der Waals surface area contributed by atoms with E-state index in [0.717, 1.165) is 19.0 Å². The minimum absolute atomic E-state index is 0.911. The Hall–Kier alpha value is -0.300. The van der Waals surface area contributed by atoms with Crippen molar-refractivity contribution < 1.29 is 0 Å². The molecule has 0 aromatic carbocycles. The van der Waals surface area contributed by atoms with Crippen LogP contribution >= 0.6 is 0 Å². The molecule has 0 radical (unpaired) electrons. The highest BCUT2D eigenvalue weighted by molar-refractivity contribution is 5.04. The Labute approximate surface area is 69.9 Å². The number of likely N-dealkylation sites (N-methyl/N-ethyl adjacent to an activating group) is 1. The van der Waals surface area contributed by atoms with Gasteiger partial charge in [0.1, 0.15) is 0 Å². The molecular weight excluding hydrogens is 134 g/mol. The van der Waals surface area contributed by atoms with E-state index in [1.807, 2.05) is 0 Å². The largest absolute Gasteiger partial charge is 0.313 e. The molecule has 0 bridgehead atoms. The fourth-order valence-electron chi connectivity index (χ4n) is 1.39. The Kier molecular flexibility index (Phi) is 3.64. The van der Waals surface area contributed by atoms with Crippen LogP contribution in [0.5, 0.6) is 0 Å². The fraction of sp³-hybridized carbons (Fsp3) is 0.800. The lowest BCUT2D eigenvalue weighted by atomic mass is 9.84. The Bertz CT molecular complexity index is 134. The number of hydrogen-bond acceptors (Lipinski definition) is 1. The zero-order valence-corrected chi connectivity index (χ0v) is 7.69. The Morgan fingerprint density at radius 3 is 2.73 bits per heavy atom. The average Bonchev–Trinajstić information content (AvgIpc) is 1.93. The summed E-state index contributed by atoms with van der Waals surface area (Å²) in [5.41, 5.74) is 1.51. The molecule has 1 rings (SSSR count). The second-order valence-electron chi connectivity index (χ2n) is 3.48. The number of allylic oxidation sites excluding steroid dienone is 1. The molecular formula is C10H19N.